The fourth-order valence-electron chi connectivity index (χ4n) is 4.21. The average Bonchev–Trinajstić information content (AvgIpc) is 3.38. The molecule has 1 aromatic carbocycles. The van der Waals surface area contributed by atoms with Gasteiger partial charge in [-0.05, 0) is 24.0 Å². The summed E-state index contributed by atoms with van der Waals surface area (Å²) in [5, 5.41) is 12.5. The molecule has 4 rings (SSSR count). The third kappa shape index (κ3) is 5.05. The summed E-state index contributed by atoms with van der Waals surface area (Å²) < 4.78 is 1.93. The highest BCUT2D eigenvalue weighted by atomic mass is 32.2. The topological polar surface area (TPSA) is 91.0 Å². The van der Waals surface area contributed by atoms with Gasteiger partial charge in [0.1, 0.15) is 5.82 Å². The van der Waals surface area contributed by atoms with Crippen LogP contribution >= 0.6 is 11.8 Å². The predicted octanol–water partition coefficient (Wildman–Crippen LogP) is 2.80. The van der Waals surface area contributed by atoms with Gasteiger partial charge in [-0.25, -0.2) is 4.98 Å². The molecule has 7 nitrogen and oxygen atoms in total. The summed E-state index contributed by atoms with van der Waals surface area (Å²) in [5.74, 6) is 0.618. The molecule has 8 heteroatoms. The van der Waals surface area contributed by atoms with Gasteiger partial charge in [-0.15, -0.1) is 11.8 Å². The summed E-state index contributed by atoms with van der Waals surface area (Å²) in [6.45, 7) is 1.14. The first-order chi connectivity index (χ1) is 15.5. The van der Waals surface area contributed by atoms with Crippen LogP contribution in [0.25, 0.3) is 0 Å². The molecular formula is C24H27N5O2S. The third-order valence-corrected chi connectivity index (χ3v) is 7.37. The van der Waals surface area contributed by atoms with Crippen LogP contribution in [0.4, 0.5) is 0 Å². The highest BCUT2D eigenvalue weighted by molar-refractivity contribution is 8.04. The van der Waals surface area contributed by atoms with Gasteiger partial charge >= 0.3 is 0 Å². The Morgan fingerprint density at radius 2 is 2.06 bits per heavy atom. The summed E-state index contributed by atoms with van der Waals surface area (Å²) in [7, 11) is 1.93. The second-order valence-electron chi connectivity index (χ2n) is 8.17. The maximum Gasteiger partial charge on any atom is 0.223 e. The van der Waals surface area contributed by atoms with Gasteiger partial charge in [0.15, 0.2) is 0 Å². The number of carbonyl (C=O) groups is 2. The molecule has 2 amide bonds. The van der Waals surface area contributed by atoms with E-state index in [4.69, 9.17) is 0 Å². The number of amides is 2. The average molecular weight is 450 g/mol. The number of nitrogens with zero attached hydrogens (tertiary/aromatic N) is 4. The van der Waals surface area contributed by atoms with Gasteiger partial charge in [0, 0.05) is 50.2 Å². The molecular weight excluding hydrogens is 422 g/mol. The second kappa shape index (κ2) is 10.0. The highest BCUT2D eigenvalue weighted by Gasteiger charge is 2.39. The molecule has 3 heterocycles. The Bertz CT molecular complexity index is 1060. The second-order valence-corrected chi connectivity index (χ2v) is 9.40. The van der Waals surface area contributed by atoms with Crippen molar-refractivity contribution in [2.24, 2.45) is 13.0 Å². The largest absolute Gasteiger partial charge is 0.342 e. The fourth-order valence-corrected chi connectivity index (χ4v) is 5.68. The first-order valence-electron chi connectivity index (χ1n) is 10.9. The van der Waals surface area contributed by atoms with Crippen molar-refractivity contribution in [1.82, 2.24) is 19.8 Å². The van der Waals surface area contributed by atoms with Crippen LogP contribution in [0.3, 0.4) is 0 Å². The van der Waals surface area contributed by atoms with Crippen LogP contribution in [0.15, 0.2) is 53.2 Å². The monoisotopic (exact) mass is 449 g/mol. The minimum absolute atomic E-state index is 0.0468. The summed E-state index contributed by atoms with van der Waals surface area (Å²) in [4.78, 5) is 32.5. The Morgan fingerprint density at radius 1 is 1.25 bits per heavy atom. The number of hydrogen-bond acceptors (Lipinski definition) is 5. The number of aryl methyl sites for hydroxylation is 3. The van der Waals surface area contributed by atoms with E-state index in [0.717, 1.165) is 21.9 Å². The van der Waals surface area contributed by atoms with Gasteiger partial charge in [0.2, 0.25) is 11.8 Å². The van der Waals surface area contributed by atoms with Crippen LogP contribution in [0.5, 0.6) is 0 Å². The van der Waals surface area contributed by atoms with Crippen LogP contribution in [-0.4, -0.2) is 44.7 Å². The number of carbonyl (C=O) groups excluding carboxylic acids is 2. The van der Waals surface area contributed by atoms with Gasteiger partial charge < -0.3 is 14.8 Å². The van der Waals surface area contributed by atoms with E-state index in [9.17, 15) is 14.9 Å². The van der Waals surface area contributed by atoms with E-state index in [1.165, 1.54) is 11.8 Å². The standard InChI is InChI=1S/C24H27N5O2S/c1-28-14-12-26-21(28)8-10-23(31)29-13-11-18-19(15-25)24(32-20(18)16-29)27-22(30)9-7-17-5-3-2-4-6-17/h2-6,12,14,19,24H,7-11,13,16H2,1H3,(H,27,30). The van der Waals surface area contributed by atoms with Crippen molar-refractivity contribution in [2.45, 2.75) is 37.5 Å². The van der Waals surface area contributed by atoms with Gasteiger partial charge in [-0.2, -0.15) is 5.26 Å². The Balaban J connectivity index is 1.30. The molecule has 1 N–H and O–H groups in total. The molecule has 0 saturated carbocycles. The van der Waals surface area contributed by atoms with Crippen molar-refractivity contribution in [2.75, 3.05) is 13.1 Å². The molecule has 2 aromatic rings. The molecule has 0 aliphatic carbocycles. The quantitative estimate of drug-likeness (QED) is 0.702. The smallest absolute Gasteiger partial charge is 0.223 e. The Hall–Kier alpha value is -3.05. The van der Waals surface area contributed by atoms with Crippen molar-refractivity contribution in [1.29, 1.82) is 5.26 Å². The Labute approximate surface area is 192 Å². The van der Waals surface area contributed by atoms with Crippen molar-refractivity contribution < 1.29 is 9.59 Å². The number of nitriles is 1. The van der Waals surface area contributed by atoms with E-state index in [0.29, 0.717) is 45.2 Å². The zero-order valence-electron chi connectivity index (χ0n) is 18.2. The molecule has 0 saturated heterocycles. The number of benzene rings is 1. The van der Waals surface area contributed by atoms with Crippen LogP contribution in [0.1, 0.15) is 30.7 Å². The van der Waals surface area contributed by atoms with Crippen molar-refractivity contribution in [3.8, 4) is 6.07 Å². The van der Waals surface area contributed by atoms with Crippen LogP contribution in [-0.2, 0) is 29.5 Å². The normalized spacial score (nSPS) is 20.1. The molecule has 2 aliphatic rings. The summed E-state index contributed by atoms with van der Waals surface area (Å²) in [5.41, 5.74) is 2.20. The molecule has 32 heavy (non-hydrogen) atoms. The summed E-state index contributed by atoms with van der Waals surface area (Å²) in [6, 6.07) is 12.3. The SMILES string of the molecule is Cn1ccnc1CCC(=O)N1CCC2=C(C1)SC(NC(=O)CCc1ccccc1)C2C#N. The molecule has 166 valence electrons. The van der Waals surface area contributed by atoms with Crippen LogP contribution in [0, 0.1) is 17.2 Å². The maximum atomic E-state index is 12.7. The number of rotatable bonds is 7. The Morgan fingerprint density at radius 3 is 2.78 bits per heavy atom. The van der Waals surface area contributed by atoms with E-state index in [1.54, 1.807) is 6.20 Å². The molecule has 0 bridgehead atoms. The van der Waals surface area contributed by atoms with Crippen molar-refractivity contribution >= 4 is 23.6 Å². The zero-order valence-corrected chi connectivity index (χ0v) is 19.0. The number of thioether (sulfide) groups is 1. The molecule has 0 fully saturated rings. The van der Waals surface area contributed by atoms with Crippen molar-refractivity contribution in [3.63, 3.8) is 0 Å². The molecule has 2 aliphatic heterocycles. The highest BCUT2D eigenvalue weighted by Crippen LogP contribution is 2.44. The van der Waals surface area contributed by atoms with Gasteiger partial charge in [-0.1, -0.05) is 30.3 Å². The summed E-state index contributed by atoms with van der Waals surface area (Å²) >= 11 is 1.53. The minimum atomic E-state index is -0.333. The first-order valence-corrected chi connectivity index (χ1v) is 11.8. The third-order valence-electron chi connectivity index (χ3n) is 6.05. The lowest BCUT2D eigenvalue weighted by molar-refractivity contribution is -0.131. The number of aromatic nitrogens is 2. The summed E-state index contributed by atoms with van der Waals surface area (Å²) in [6.07, 6.45) is 6.39. The number of hydrogen-bond donors (Lipinski definition) is 1. The lowest BCUT2D eigenvalue weighted by Crippen LogP contribution is -2.37. The van der Waals surface area contributed by atoms with E-state index in [1.807, 2.05) is 53.0 Å². The minimum Gasteiger partial charge on any atom is -0.342 e. The molecule has 2 unspecified atom stereocenters. The molecule has 2 atom stereocenters. The van der Waals surface area contributed by atoms with Gasteiger partial charge in [0.25, 0.3) is 0 Å². The molecule has 0 spiro atoms. The predicted molar refractivity (Wildman–Crippen MR) is 123 cm³/mol. The van der Waals surface area contributed by atoms with Gasteiger partial charge in [0.05, 0.1) is 23.9 Å². The molecule has 1 aromatic heterocycles. The van der Waals surface area contributed by atoms with Crippen LogP contribution < -0.4 is 5.32 Å². The number of nitrogens with one attached hydrogen (secondary N) is 1. The fraction of sp³-hybridized carbons (Fsp3) is 0.417. The zero-order chi connectivity index (χ0) is 22.5. The van der Waals surface area contributed by atoms with Gasteiger partial charge in [-0.3, -0.25) is 9.59 Å². The Kier molecular flexibility index (Phi) is 6.96. The maximum absolute atomic E-state index is 12.7. The van der Waals surface area contributed by atoms with E-state index >= 15 is 0 Å². The molecule has 0 radical (unpaired) electrons. The first kappa shape index (κ1) is 22.2. The number of imidazole rings is 1. The lowest BCUT2D eigenvalue weighted by Gasteiger charge is -2.28. The van der Waals surface area contributed by atoms with E-state index in [-0.39, 0.29) is 23.1 Å². The van der Waals surface area contributed by atoms with Crippen LogP contribution in [0.2, 0.25) is 0 Å². The van der Waals surface area contributed by atoms with E-state index < -0.39 is 0 Å². The van der Waals surface area contributed by atoms with Crippen molar-refractivity contribution in [3.05, 3.63) is 64.6 Å². The van der Waals surface area contributed by atoms with E-state index in [2.05, 4.69) is 16.4 Å². The lowest BCUT2D eigenvalue weighted by atomic mass is 9.94.